The van der Waals surface area contributed by atoms with E-state index in [0.717, 1.165) is 11.3 Å². The highest BCUT2D eigenvalue weighted by molar-refractivity contribution is 9.10. The number of ether oxygens (including phenoxy) is 1. The average Bonchev–Trinajstić information content (AvgIpc) is 3.04. The molecule has 0 bridgehead atoms. The molecule has 0 unspecified atom stereocenters. The van der Waals surface area contributed by atoms with Crippen LogP contribution in [0.2, 0.25) is 0 Å². The summed E-state index contributed by atoms with van der Waals surface area (Å²) in [5.74, 6) is 1.25. The molecular formula is C16H16BrNO4. The van der Waals surface area contributed by atoms with Crippen LogP contribution in [-0.4, -0.2) is 23.1 Å². The number of phenolic OH excluding ortho intramolecular Hbond substituents is 1. The fourth-order valence-corrected chi connectivity index (χ4v) is 2.37. The summed E-state index contributed by atoms with van der Waals surface area (Å²) in [6, 6.07) is 7.13. The van der Waals surface area contributed by atoms with E-state index in [9.17, 15) is 5.11 Å². The maximum atomic E-state index is 9.77. The first-order valence-electron chi connectivity index (χ1n) is 6.62. The van der Waals surface area contributed by atoms with Crippen LogP contribution in [0.4, 0.5) is 0 Å². The minimum atomic E-state index is 0.0496. The molecule has 0 aliphatic heterocycles. The number of aryl methyl sites for hydroxylation is 1. The van der Waals surface area contributed by atoms with Crippen LogP contribution in [0, 0.1) is 0 Å². The van der Waals surface area contributed by atoms with E-state index in [-0.39, 0.29) is 5.75 Å². The van der Waals surface area contributed by atoms with Crippen molar-refractivity contribution < 1.29 is 19.5 Å². The molecule has 116 valence electrons. The minimum absolute atomic E-state index is 0.0496. The van der Waals surface area contributed by atoms with Crippen LogP contribution in [0.15, 0.2) is 50.7 Å². The lowest BCUT2D eigenvalue weighted by molar-refractivity contribution is 0.318. The molecule has 0 aliphatic carbocycles. The number of halogens is 1. The smallest absolute Gasteiger partial charge is 0.172 e. The molecule has 0 fully saturated rings. The van der Waals surface area contributed by atoms with Gasteiger partial charge in [0, 0.05) is 12.8 Å². The fourth-order valence-electron chi connectivity index (χ4n) is 1.91. The number of oxime groups is 1. The van der Waals surface area contributed by atoms with E-state index in [4.69, 9.17) is 14.4 Å². The van der Waals surface area contributed by atoms with Gasteiger partial charge >= 0.3 is 0 Å². The Balaban J connectivity index is 2.07. The second-order valence-electron chi connectivity index (χ2n) is 4.56. The topological polar surface area (TPSA) is 75.2 Å². The van der Waals surface area contributed by atoms with Crippen molar-refractivity contribution in [1.29, 1.82) is 0 Å². The van der Waals surface area contributed by atoms with Crippen LogP contribution in [-0.2, 0) is 6.42 Å². The molecule has 0 atom stereocenters. The molecule has 6 heteroatoms. The van der Waals surface area contributed by atoms with Crippen molar-refractivity contribution in [3.8, 4) is 11.5 Å². The summed E-state index contributed by atoms with van der Waals surface area (Å²) in [7, 11) is 1.49. The quantitative estimate of drug-likeness (QED) is 0.456. The molecule has 1 aromatic heterocycles. The minimum Gasteiger partial charge on any atom is -0.503 e. The summed E-state index contributed by atoms with van der Waals surface area (Å²) in [5, 5.41) is 22.1. The Bertz CT molecular complexity index is 678. The van der Waals surface area contributed by atoms with Gasteiger partial charge in [0.2, 0.25) is 0 Å². The molecule has 1 heterocycles. The van der Waals surface area contributed by atoms with E-state index < -0.39 is 0 Å². The highest BCUT2D eigenvalue weighted by atomic mass is 79.9. The highest BCUT2D eigenvalue weighted by Gasteiger charge is 2.07. The Hall–Kier alpha value is -2.21. The molecule has 2 N–H and O–H groups in total. The Labute approximate surface area is 136 Å². The van der Waals surface area contributed by atoms with E-state index in [0.29, 0.717) is 28.8 Å². The van der Waals surface area contributed by atoms with E-state index in [2.05, 4.69) is 21.1 Å². The first-order chi connectivity index (χ1) is 10.6. The molecule has 0 spiro atoms. The summed E-state index contributed by atoms with van der Waals surface area (Å²) in [6.07, 6.45) is 6.31. The first-order valence-corrected chi connectivity index (χ1v) is 7.41. The molecule has 22 heavy (non-hydrogen) atoms. The van der Waals surface area contributed by atoms with Crippen molar-refractivity contribution in [3.63, 3.8) is 0 Å². The summed E-state index contributed by atoms with van der Waals surface area (Å²) in [6.45, 7) is 0. The summed E-state index contributed by atoms with van der Waals surface area (Å²) >= 11 is 3.26. The van der Waals surface area contributed by atoms with Crippen molar-refractivity contribution in [2.75, 3.05) is 7.11 Å². The van der Waals surface area contributed by atoms with E-state index in [1.807, 2.05) is 12.1 Å². The number of methoxy groups -OCH3 is 1. The van der Waals surface area contributed by atoms with Crippen LogP contribution in [0.5, 0.6) is 11.5 Å². The summed E-state index contributed by atoms with van der Waals surface area (Å²) in [4.78, 5) is 0. The van der Waals surface area contributed by atoms with Gasteiger partial charge in [-0.15, -0.1) is 0 Å². The molecule has 0 amide bonds. The van der Waals surface area contributed by atoms with Gasteiger partial charge in [-0.1, -0.05) is 11.2 Å². The van der Waals surface area contributed by atoms with Gasteiger partial charge < -0.3 is 19.5 Å². The number of furan rings is 1. The molecule has 2 aromatic rings. The van der Waals surface area contributed by atoms with Gasteiger partial charge in [-0.2, -0.15) is 0 Å². The molecule has 0 aliphatic rings. The molecular weight excluding hydrogens is 350 g/mol. The zero-order valence-corrected chi connectivity index (χ0v) is 13.6. The van der Waals surface area contributed by atoms with Gasteiger partial charge in [0.05, 0.1) is 23.6 Å². The molecule has 0 saturated heterocycles. The number of nitrogens with zero attached hydrogens (tertiary/aromatic N) is 1. The monoisotopic (exact) mass is 365 g/mol. The van der Waals surface area contributed by atoms with Crippen molar-refractivity contribution in [2.45, 2.75) is 12.8 Å². The largest absolute Gasteiger partial charge is 0.503 e. The van der Waals surface area contributed by atoms with Crippen LogP contribution >= 0.6 is 15.9 Å². The Morgan fingerprint density at radius 2 is 2.27 bits per heavy atom. The Kier molecular flexibility index (Phi) is 5.66. The van der Waals surface area contributed by atoms with E-state index in [1.165, 1.54) is 7.11 Å². The summed E-state index contributed by atoms with van der Waals surface area (Å²) in [5.41, 5.74) is 1.33. The molecule has 1 aromatic carbocycles. The van der Waals surface area contributed by atoms with E-state index >= 15 is 0 Å². The van der Waals surface area contributed by atoms with Crippen molar-refractivity contribution in [1.82, 2.24) is 0 Å². The molecule has 2 rings (SSSR count). The molecule has 0 radical (unpaired) electrons. The predicted molar refractivity (Wildman–Crippen MR) is 87.6 cm³/mol. The van der Waals surface area contributed by atoms with Crippen LogP contribution in [0.25, 0.3) is 6.08 Å². The number of hydrogen-bond donors (Lipinski definition) is 2. The fraction of sp³-hybridized carbons (Fsp3) is 0.188. The Morgan fingerprint density at radius 3 is 2.91 bits per heavy atom. The maximum absolute atomic E-state index is 9.77. The molecule has 0 saturated carbocycles. The lowest BCUT2D eigenvalue weighted by atomic mass is 10.1. The number of aromatic hydroxyl groups is 1. The number of benzene rings is 1. The SMILES string of the molecule is COc1cc(/C=C\C(CCc2ccco2)=N\O)cc(Br)c1O. The average molecular weight is 366 g/mol. The zero-order valence-electron chi connectivity index (χ0n) is 12.0. The number of allylic oxidation sites excluding steroid dienone is 1. The number of rotatable bonds is 6. The van der Waals surface area contributed by atoms with Crippen LogP contribution in [0.3, 0.4) is 0 Å². The second-order valence-corrected chi connectivity index (χ2v) is 5.41. The van der Waals surface area contributed by atoms with Gasteiger partial charge in [-0.05, 0) is 51.8 Å². The van der Waals surface area contributed by atoms with Crippen molar-refractivity contribution in [2.24, 2.45) is 5.16 Å². The van der Waals surface area contributed by atoms with Crippen LogP contribution in [0.1, 0.15) is 17.7 Å². The highest BCUT2D eigenvalue weighted by Crippen LogP contribution is 2.35. The number of hydrogen-bond acceptors (Lipinski definition) is 5. The van der Waals surface area contributed by atoms with Gasteiger partial charge in [-0.3, -0.25) is 0 Å². The normalized spacial score (nSPS) is 12.0. The first kappa shape index (κ1) is 16.2. The third-order valence-corrected chi connectivity index (χ3v) is 3.68. The van der Waals surface area contributed by atoms with Gasteiger partial charge in [-0.25, -0.2) is 0 Å². The van der Waals surface area contributed by atoms with Gasteiger partial charge in [0.25, 0.3) is 0 Å². The third-order valence-electron chi connectivity index (χ3n) is 3.07. The molecule has 5 nitrogen and oxygen atoms in total. The lowest BCUT2D eigenvalue weighted by Gasteiger charge is -2.06. The van der Waals surface area contributed by atoms with Crippen LogP contribution < -0.4 is 4.74 Å². The number of phenols is 1. The van der Waals surface area contributed by atoms with E-state index in [1.54, 1.807) is 30.5 Å². The Morgan fingerprint density at radius 1 is 1.45 bits per heavy atom. The summed E-state index contributed by atoms with van der Waals surface area (Å²) < 4.78 is 10.9. The van der Waals surface area contributed by atoms with Crippen molar-refractivity contribution in [3.05, 3.63) is 52.4 Å². The maximum Gasteiger partial charge on any atom is 0.172 e. The van der Waals surface area contributed by atoms with Gasteiger partial charge in [0.1, 0.15) is 5.76 Å². The predicted octanol–water partition coefficient (Wildman–Crippen LogP) is 4.23. The lowest BCUT2D eigenvalue weighted by Crippen LogP contribution is -1.96. The van der Waals surface area contributed by atoms with Crippen molar-refractivity contribution >= 4 is 27.7 Å². The zero-order chi connectivity index (χ0) is 15.9. The second kappa shape index (κ2) is 7.70. The standard InChI is InChI=1S/C16H16BrNO4/c1-21-15-10-11(9-14(17)16(15)19)4-5-12(18-20)6-7-13-3-2-8-22-13/h2-5,8-10,19-20H,6-7H2,1H3/b5-4-,18-12-. The third kappa shape index (κ3) is 4.14. The van der Waals surface area contributed by atoms with Gasteiger partial charge in [0.15, 0.2) is 11.5 Å².